The zero-order valence-electron chi connectivity index (χ0n) is 15.0. The zero-order chi connectivity index (χ0) is 18.7. The molecule has 1 aromatic heterocycles. The molecule has 0 saturated carbocycles. The molecule has 3 aromatic rings. The first-order valence-electron chi connectivity index (χ1n) is 8.63. The number of carbonyl (C=O) groups is 1. The molecule has 0 aliphatic carbocycles. The minimum Gasteiger partial charge on any atom is -0.398 e. The van der Waals surface area contributed by atoms with Crippen LogP contribution in [0.3, 0.4) is 0 Å². The lowest BCUT2D eigenvalue weighted by molar-refractivity contribution is -0.127. The van der Waals surface area contributed by atoms with Gasteiger partial charge in [-0.05, 0) is 37.1 Å². The maximum Gasteiger partial charge on any atom is 0.251 e. The average Bonchev–Trinajstić information content (AvgIpc) is 3.08. The number of hydrogen-bond donors (Lipinski definition) is 2. The fraction of sp³-hybridized carbons (Fsp3) is 0.238. The molecule has 0 spiro atoms. The molecule has 26 heavy (non-hydrogen) atoms. The van der Waals surface area contributed by atoms with Crippen molar-refractivity contribution in [2.24, 2.45) is 0 Å². The van der Waals surface area contributed by atoms with E-state index in [4.69, 9.17) is 11.0 Å². The number of nitrogens with zero attached hydrogens (tertiary/aromatic N) is 2. The molecule has 1 heterocycles. The number of hydrogen-bond acceptors (Lipinski definition) is 3. The zero-order valence-corrected chi connectivity index (χ0v) is 15.0. The highest BCUT2D eigenvalue weighted by atomic mass is 16.2. The van der Waals surface area contributed by atoms with E-state index in [1.807, 2.05) is 79.2 Å². The van der Waals surface area contributed by atoms with Gasteiger partial charge in [0.05, 0.1) is 11.6 Å². The van der Waals surface area contributed by atoms with Crippen LogP contribution in [0.4, 0.5) is 5.69 Å². The Hall–Kier alpha value is -3.26. The number of rotatable bonds is 5. The molecule has 132 valence electrons. The molecular weight excluding hydrogens is 324 g/mol. The van der Waals surface area contributed by atoms with Crippen LogP contribution in [-0.2, 0) is 10.3 Å². The second-order valence-electron chi connectivity index (χ2n) is 6.39. The first-order valence-corrected chi connectivity index (χ1v) is 8.63. The van der Waals surface area contributed by atoms with Crippen molar-refractivity contribution in [2.75, 3.05) is 12.3 Å². The minimum atomic E-state index is -0.958. The van der Waals surface area contributed by atoms with Crippen LogP contribution in [0.15, 0.2) is 54.7 Å². The topological polar surface area (TPSA) is 83.8 Å². The van der Waals surface area contributed by atoms with Crippen molar-refractivity contribution in [1.29, 1.82) is 5.26 Å². The Morgan fingerprint density at radius 2 is 1.96 bits per heavy atom. The first kappa shape index (κ1) is 17.6. The summed E-state index contributed by atoms with van der Waals surface area (Å²) in [5.74, 6) is -0.203. The third-order valence-electron chi connectivity index (χ3n) is 4.92. The number of nitrogens with two attached hydrogens (primary N) is 1. The number of anilines is 1. The molecule has 5 nitrogen and oxygen atoms in total. The van der Waals surface area contributed by atoms with E-state index in [0.717, 1.165) is 22.0 Å². The Balaban J connectivity index is 2.28. The third kappa shape index (κ3) is 2.70. The van der Waals surface area contributed by atoms with Crippen LogP contribution in [0.5, 0.6) is 0 Å². The van der Waals surface area contributed by atoms with Gasteiger partial charge in [-0.2, -0.15) is 5.26 Å². The highest BCUT2D eigenvalue weighted by Crippen LogP contribution is 2.36. The van der Waals surface area contributed by atoms with Gasteiger partial charge in [0.2, 0.25) is 0 Å². The van der Waals surface area contributed by atoms with Crippen LogP contribution in [0.2, 0.25) is 0 Å². The Morgan fingerprint density at radius 1 is 1.23 bits per heavy atom. The molecule has 0 aliphatic rings. The molecule has 5 heteroatoms. The van der Waals surface area contributed by atoms with Gasteiger partial charge in [0.1, 0.15) is 12.1 Å². The molecule has 0 fully saturated rings. The summed E-state index contributed by atoms with van der Waals surface area (Å²) >= 11 is 0. The van der Waals surface area contributed by atoms with Crippen molar-refractivity contribution in [3.8, 4) is 6.07 Å². The molecular formula is C21H22N4O. The lowest BCUT2D eigenvalue weighted by Crippen LogP contribution is -2.49. The molecule has 1 atom stereocenters. The van der Waals surface area contributed by atoms with Crippen molar-refractivity contribution in [3.63, 3.8) is 0 Å². The van der Waals surface area contributed by atoms with Crippen molar-refractivity contribution in [3.05, 3.63) is 65.9 Å². The van der Waals surface area contributed by atoms with Gasteiger partial charge >= 0.3 is 0 Å². The standard InChI is InChI=1S/C21H22N4O/c1-3-21(20(26)24-13-12-22,16-9-7-15(2)8-10-16)25-14-11-17-18(23)5-4-6-19(17)25/h4-11,14H,3,13,23H2,1-2H3,(H,24,26). The van der Waals surface area contributed by atoms with Gasteiger partial charge in [0.15, 0.2) is 0 Å². The van der Waals surface area contributed by atoms with E-state index in [-0.39, 0.29) is 12.5 Å². The van der Waals surface area contributed by atoms with Gasteiger partial charge in [0.25, 0.3) is 5.91 Å². The summed E-state index contributed by atoms with van der Waals surface area (Å²) in [6, 6.07) is 17.6. The number of carbonyl (C=O) groups excluding carboxylic acids is 1. The van der Waals surface area contributed by atoms with Crippen molar-refractivity contribution < 1.29 is 4.79 Å². The van der Waals surface area contributed by atoms with E-state index in [1.165, 1.54) is 0 Å². The number of nitrogen functional groups attached to an aromatic ring is 1. The fourth-order valence-electron chi connectivity index (χ4n) is 3.53. The minimum absolute atomic E-state index is 0.0339. The SMILES string of the molecule is CCC(C(=O)NCC#N)(c1ccc(C)cc1)n1ccc2c(N)cccc21. The van der Waals surface area contributed by atoms with E-state index in [1.54, 1.807) is 0 Å². The summed E-state index contributed by atoms with van der Waals surface area (Å²) in [6.07, 6.45) is 2.43. The summed E-state index contributed by atoms with van der Waals surface area (Å²) in [5.41, 5.74) is 8.71. The van der Waals surface area contributed by atoms with E-state index in [9.17, 15) is 4.79 Å². The normalized spacial score (nSPS) is 13.1. The third-order valence-corrected chi connectivity index (χ3v) is 4.92. The van der Waals surface area contributed by atoms with Crippen molar-refractivity contribution in [2.45, 2.75) is 25.8 Å². The Kier molecular flexibility index (Phi) is 4.68. The van der Waals surface area contributed by atoms with Crippen molar-refractivity contribution >= 4 is 22.5 Å². The molecule has 3 N–H and O–H groups in total. The molecule has 3 rings (SSSR count). The predicted molar refractivity (Wildman–Crippen MR) is 104 cm³/mol. The monoisotopic (exact) mass is 346 g/mol. The van der Waals surface area contributed by atoms with Crippen LogP contribution in [0, 0.1) is 18.3 Å². The first-order chi connectivity index (χ1) is 12.5. The smallest absolute Gasteiger partial charge is 0.251 e. The lowest BCUT2D eigenvalue weighted by atomic mass is 9.85. The average molecular weight is 346 g/mol. The maximum absolute atomic E-state index is 13.3. The highest BCUT2D eigenvalue weighted by molar-refractivity contribution is 5.95. The number of aryl methyl sites for hydroxylation is 1. The van der Waals surface area contributed by atoms with Gasteiger partial charge in [-0.15, -0.1) is 0 Å². The summed E-state index contributed by atoms with van der Waals surface area (Å²) in [6.45, 7) is 3.96. The van der Waals surface area contributed by atoms with Gasteiger partial charge < -0.3 is 15.6 Å². The Morgan fingerprint density at radius 3 is 2.62 bits per heavy atom. The van der Waals surface area contributed by atoms with E-state index < -0.39 is 5.54 Å². The van der Waals surface area contributed by atoms with E-state index >= 15 is 0 Å². The van der Waals surface area contributed by atoms with Crippen LogP contribution >= 0.6 is 0 Å². The van der Waals surface area contributed by atoms with Gasteiger partial charge in [-0.25, -0.2) is 0 Å². The molecule has 0 aliphatic heterocycles. The largest absolute Gasteiger partial charge is 0.398 e. The number of aromatic nitrogens is 1. The Bertz CT molecular complexity index is 981. The second-order valence-corrected chi connectivity index (χ2v) is 6.39. The molecule has 0 saturated heterocycles. The lowest BCUT2D eigenvalue weighted by Gasteiger charge is -2.34. The number of benzene rings is 2. The predicted octanol–water partition coefficient (Wildman–Crippen LogP) is 3.33. The summed E-state index contributed by atoms with van der Waals surface area (Å²) < 4.78 is 1.97. The fourth-order valence-corrected chi connectivity index (χ4v) is 3.53. The van der Waals surface area contributed by atoms with Crippen LogP contribution in [-0.4, -0.2) is 17.0 Å². The molecule has 1 amide bonds. The van der Waals surface area contributed by atoms with Gasteiger partial charge in [-0.1, -0.05) is 42.8 Å². The molecule has 0 radical (unpaired) electrons. The number of nitriles is 1. The molecule has 0 bridgehead atoms. The summed E-state index contributed by atoms with van der Waals surface area (Å²) in [5, 5.41) is 12.6. The van der Waals surface area contributed by atoms with Crippen LogP contribution < -0.4 is 11.1 Å². The van der Waals surface area contributed by atoms with Gasteiger partial charge in [0, 0.05) is 17.3 Å². The number of fused-ring (bicyclic) bond motifs is 1. The summed E-state index contributed by atoms with van der Waals surface area (Å²) in [4.78, 5) is 13.3. The molecule has 1 unspecified atom stereocenters. The maximum atomic E-state index is 13.3. The van der Waals surface area contributed by atoms with E-state index in [0.29, 0.717) is 12.1 Å². The highest BCUT2D eigenvalue weighted by Gasteiger charge is 2.41. The Labute approximate surface area is 153 Å². The number of nitrogens with one attached hydrogen (secondary N) is 1. The molecule has 2 aromatic carbocycles. The quantitative estimate of drug-likeness (QED) is 0.549. The second kappa shape index (κ2) is 6.93. The van der Waals surface area contributed by atoms with Gasteiger partial charge in [-0.3, -0.25) is 4.79 Å². The number of amides is 1. The van der Waals surface area contributed by atoms with Crippen LogP contribution in [0.1, 0.15) is 24.5 Å². The van der Waals surface area contributed by atoms with E-state index in [2.05, 4.69) is 5.32 Å². The van der Waals surface area contributed by atoms with Crippen LogP contribution in [0.25, 0.3) is 10.9 Å². The summed E-state index contributed by atoms with van der Waals surface area (Å²) in [7, 11) is 0. The van der Waals surface area contributed by atoms with Crippen molar-refractivity contribution in [1.82, 2.24) is 9.88 Å².